The molecule has 0 spiro atoms. The summed E-state index contributed by atoms with van der Waals surface area (Å²) in [7, 11) is 3.22. The Balaban J connectivity index is 2.23. The molecule has 4 heteroatoms. The van der Waals surface area contributed by atoms with Crippen molar-refractivity contribution in [1.29, 1.82) is 0 Å². The smallest absolute Gasteiger partial charge is 0.185 e. The number of carbonyl (C=O) groups is 1. The Bertz CT molecular complexity index is 763. The lowest BCUT2D eigenvalue weighted by molar-refractivity contribution is 0.104. The largest absolute Gasteiger partial charge is 0.496 e. The summed E-state index contributed by atoms with van der Waals surface area (Å²) in [5.41, 5.74) is 2.36. The zero-order valence-corrected chi connectivity index (χ0v) is 15.5. The Morgan fingerprint density at radius 2 is 1.69 bits per heavy atom. The van der Waals surface area contributed by atoms with E-state index in [-0.39, 0.29) is 5.78 Å². The van der Waals surface area contributed by atoms with Gasteiger partial charge in [0.05, 0.1) is 20.8 Å². The first-order valence-corrected chi connectivity index (χ1v) is 8.44. The molecule has 0 N–H and O–H groups in total. The minimum absolute atomic E-state index is 0.0823. The number of allylic oxidation sites excluding steroid dienone is 2. The molecule has 0 radical (unpaired) electrons. The molecule has 0 saturated heterocycles. The minimum Gasteiger partial charge on any atom is -0.496 e. The average molecular weight is 352 g/mol. The number of rotatable bonds is 9. The molecule has 0 amide bonds. The maximum atomic E-state index is 12.4. The van der Waals surface area contributed by atoms with Gasteiger partial charge < -0.3 is 14.2 Å². The molecule has 0 aliphatic heterocycles. The molecule has 0 aliphatic carbocycles. The van der Waals surface area contributed by atoms with Crippen LogP contribution in [0.15, 0.2) is 55.1 Å². The first-order chi connectivity index (χ1) is 12.6. The summed E-state index contributed by atoms with van der Waals surface area (Å²) in [5, 5.41) is 0. The summed E-state index contributed by atoms with van der Waals surface area (Å²) in [6.45, 7) is 6.28. The standard InChI is InChI=1S/C22H24O4/c1-5-7-19-21(24-3)14-16(15-22(19)25-4)8-13-20(23)17-9-11-18(12-10-17)26-6-2/h5,8-15H,1,6-7H2,2-4H3/b13-8+. The molecule has 2 aromatic rings. The van der Waals surface area contributed by atoms with Crippen LogP contribution in [0.1, 0.15) is 28.4 Å². The van der Waals surface area contributed by atoms with E-state index in [1.54, 1.807) is 50.6 Å². The molecule has 0 bridgehead atoms. The summed E-state index contributed by atoms with van der Waals surface area (Å²) in [4.78, 5) is 12.4. The molecule has 2 aromatic carbocycles. The van der Waals surface area contributed by atoms with Crippen LogP contribution in [-0.4, -0.2) is 26.6 Å². The Labute approximate surface area is 154 Å². The van der Waals surface area contributed by atoms with Crippen molar-refractivity contribution >= 4 is 11.9 Å². The first kappa shape index (κ1) is 19.3. The molecule has 0 aromatic heterocycles. The highest BCUT2D eigenvalue weighted by atomic mass is 16.5. The van der Waals surface area contributed by atoms with Crippen LogP contribution in [0.3, 0.4) is 0 Å². The van der Waals surface area contributed by atoms with Crippen molar-refractivity contribution in [2.75, 3.05) is 20.8 Å². The van der Waals surface area contributed by atoms with Gasteiger partial charge in [-0.15, -0.1) is 6.58 Å². The number of benzene rings is 2. The van der Waals surface area contributed by atoms with Gasteiger partial charge >= 0.3 is 0 Å². The van der Waals surface area contributed by atoms with Gasteiger partial charge in [0.1, 0.15) is 17.2 Å². The molecule has 0 fully saturated rings. The molecule has 0 saturated carbocycles. The van der Waals surface area contributed by atoms with E-state index < -0.39 is 0 Å². The van der Waals surface area contributed by atoms with E-state index in [1.165, 1.54) is 6.08 Å². The second-order valence-electron chi connectivity index (χ2n) is 5.55. The molecule has 0 unspecified atom stereocenters. The second kappa shape index (κ2) is 9.47. The summed E-state index contributed by atoms with van der Waals surface area (Å²) >= 11 is 0. The van der Waals surface area contributed by atoms with Crippen molar-refractivity contribution in [3.63, 3.8) is 0 Å². The normalized spacial score (nSPS) is 10.6. The predicted octanol–water partition coefficient (Wildman–Crippen LogP) is 4.73. The quantitative estimate of drug-likeness (QED) is 0.372. The summed E-state index contributed by atoms with van der Waals surface area (Å²) < 4.78 is 16.3. The van der Waals surface area contributed by atoms with Gasteiger partial charge in [-0.3, -0.25) is 4.79 Å². The van der Waals surface area contributed by atoms with Gasteiger partial charge in [0.25, 0.3) is 0 Å². The third-order valence-corrected chi connectivity index (χ3v) is 3.86. The molecular weight excluding hydrogens is 328 g/mol. The highest BCUT2D eigenvalue weighted by molar-refractivity contribution is 6.06. The van der Waals surface area contributed by atoms with Crippen LogP contribution in [-0.2, 0) is 6.42 Å². The molecule has 0 atom stereocenters. The molecule has 4 nitrogen and oxygen atoms in total. The fourth-order valence-corrected chi connectivity index (χ4v) is 2.60. The lowest BCUT2D eigenvalue weighted by Crippen LogP contribution is -1.98. The zero-order valence-electron chi connectivity index (χ0n) is 15.5. The third-order valence-electron chi connectivity index (χ3n) is 3.86. The topological polar surface area (TPSA) is 44.8 Å². The monoisotopic (exact) mass is 352 g/mol. The highest BCUT2D eigenvalue weighted by Crippen LogP contribution is 2.31. The van der Waals surface area contributed by atoms with Crippen LogP contribution >= 0.6 is 0 Å². The molecule has 0 aliphatic rings. The summed E-state index contributed by atoms with van der Waals surface area (Å²) in [6.07, 6.45) is 5.73. The van der Waals surface area contributed by atoms with E-state index in [1.807, 2.05) is 19.1 Å². The maximum absolute atomic E-state index is 12.4. The first-order valence-electron chi connectivity index (χ1n) is 8.44. The second-order valence-corrected chi connectivity index (χ2v) is 5.55. The maximum Gasteiger partial charge on any atom is 0.185 e. The summed E-state index contributed by atoms with van der Waals surface area (Å²) in [6, 6.07) is 10.9. The zero-order chi connectivity index (χ0) is 18.9. The van der Waals surface area contributed by atoms with E-state index in [9.17, 15) is 4.79 Å². The van der Waals surface area contributed by atoms with Crippen molar-refractivity contribution in [3.05, 3.63) is 71.8 Å². The van der Waals surface area contributed by atoms with E-state index in [4.69, 9.17) is 14.2 Å². The van der Waals surface area contributed by atoms with E-state index >= 15 is 0 Å². The van der Waals surface area contributed by atoms with Crippen LogP contribution in [0.2, 0.25) is 0 Å². The predicted molar refractivity (Wildman–Crippen MR) is 104 cm³/mol. The molecule has 26 heavy (non-hydrogen) atoms. The van der Waals surface area contributed by atoms with E-state index in [0.717, 1.165) is 16.9 Å². The van der Waals surface area contributed by atoms with Crippen LogP contribution < -0.4 is 14.2 Å². The number of methoxy groups -OCH3 is 2. The number of ketones is 1. The lowest BCUT2D eigenvalue weighted by Gasteiger charge is -2.13. The molecule has 2 rings (SSSR count). The highest BCUT2D eigenvalue weighted by Gasteiger charge is 2.11. The van der Waals surface area contributed by atoms with Gasteiger partial charge in [0.15, 0.2) is 5.78 Å². The van der Waals surface area contributed by atoms with Gasteiger partial charge in [0, 0.05) is 11.1 Å². The Morgan fingerprint density at radius 1 is 1.08 bits per heavy atom. The Morgan fingerprint density at radius 3 is 2.19 bits per heavy atom. The fraction of sp³-hybridized carbons (Fsp3) is 0.227. The van der Waals surface area contributed by atoms with Crippen molar-refractivity contribution in [2.24, 2.45) is 0 Å². The van der Waals surface area contributed by atoms with Crippen molar-refractivity contribution in [2.45, 2.75) is 13.3 Å². The van der Waals surface area contributed by atoms with Crippen molar-refractivity contribution in [1.82, 2.24) is 0 Å². The number of carbonyl (C=O) groups excluding carboxylic acids is 1. The number of hydrogen-bond donors (Lipinski definition) is 0. The van der Waals surface area contributed by atoms with Crippen molar-refractivity contribution < 1.29 is 19.0 Å². The lowest BCUT2D eigenvalue weighted by atomic mass is 10.0. The van der Waals surface area contributed by atoms with Gasteiger partial charge in [-0.1, -0.05) is 12.2 Å². The third kappa shape index (κ3) is 4.76. The fourth-order valence-electron chi connectivity index (χ4n) is 2.60. The minimum atomic E-state index is -0.0823. The van der Waals surface area contributed by atoms with Gasteiger partial charge in [0.2, 0.25) is 0 Å². The van der Waals surface area contributed by atoms with Crippen LogP contribution in [0.4, 0.5) is 0 Å². The number of hydrogen-bond acceptors (Lipinski definition) is 4. The van der Waals surface area contributed by atoms with E-state index in [0.29, 0.717) is 30.1 Å². The van der Waals surface area contributed by atoms with Crippen LogP contribution in [0.5, 0.6) is 17.2 Å². The Kier molecular flexibility index (Phi) is 7.03. The Hall–Kier alpha value is -3.01. The molecular formula is C22H24O4. The SMILES string of the molecule is C=CCc1c(OC)cc(/C=C/C(=O)c2ccc(OCC)cc2)cc1OC. The molecule has 136 valence electrons. The van der Waals surface area contributed by atoms with Crippen molar-refractivity contribution in [3.8, 4) is 17.2 Å². The van der Waals surface area contributed by atoms with Gasteiger partial charge in [-0.25, -0.2) is 0 Å². The van der Waals surface area contributed by atoms with Gasteiger partial charge in [-0.2, -0.15) is 0 Å². The van der Waals surface area contributed by atoms with Gasteiger partial charge in [-0.05, 0) is 61.4 Å². The average Bonchev–Trinajstić information content (AvgIpc) is 2.67. The summed E-state index contributed by atoms with van der Waals surface area (Å²) in [5.74, 6) is 2.08. The van der Waals surface area contributed by atoms with E-state index in [2.05, 4.69) is 6.58 Å². The van der Waals surface area contributed by atoms with Crippen LogP contribution in [0, 0.1) is 0 Å². The molecule has 0 heterocycles. The van der Waals surface area contributed by atoms with Crippen LogP contribution in [0.25, 0.3) is 6.08 Å². The number of ether oxygens (including phenoxy) is 3.